The van der Waals surface area contributed by atoms with Gasteiger partial charge in [-0.15, -0.1) is 0 Å². The van der Waals surface area contributed by atoms with E-state index in [2.05, 4.69) is 19.8 Å². The molecule has 0 unspecified atom stereocenters. The molecule has 0 aliphatic carbocycles. The van der Waals surface area contributed by atoms with Gasteiger partial charge in [-0.25, -0.2) is 27.5 Å². The zero-order valence-electron chi connectivity index (χ0n) is 13.2. The summed E-state index contributed by atoms with van der Waals surface area (Å²) < 4.78 is 41.9. The molecule has 25 heavy (non-hydrogen) atoms. The van der Waals surface area contributed by atoms with Gasteiger partial charge in [0.15, 0.2) is 5.82 Å². The van der Waals surface area contributed by atoms with Crippen LogP contribution in [0.15, 0.2) is 41.6 Å². The van der Waals surface area contributed by atoms with Gasteiger partial charge in [-0.2, -0.15) is 5.10 Å². The molecule has 0 saturated carbocycles. The van der Waals surface area contributed by atoms with E-state index in [4.69, 9.17) is 11.6 Å². The third-order valence-corrected chi connectivity index (χ3v) is 4.96. The maximum atomic E-state index is 13.2. The fourth-order valence-electron chi connectivity index (χ4n) is 2.22. The molecule has 2 heterocycles. The van der Waals surface area contributed by atoms with Crippen LogP contribution in [0.1, 0.15) is 11.4 Å². The van der Waals surface area contributed by atoms with Gasteiger partial charge in [-0.3, -0.25) is 4.72 Å². The number of halogens is 2. The molecule has 3 rings (SSSR count). The van der Waals surface area contributed by atoms with Crippen molar-refractivity contribution in [2.45, 2.75) is 18.7 Å². The Morgan fingerprint density at radius 1 is 1.16 bits per heavy atom. The van der Waals surface area contributed by atoms with Crippen LogP contribution in [0.5, 0.6) is 0 Å². The molecule has 130 valence electrons. The first-order chi connectivity index (χ1) is 11.8. The molecule has 1 N–H and O–H groups in total. The summed E-state index contributed by atoms with van der Waals surface area (Å²) in [7, 11) is -3.98. The molecule has 0 saturated heterocycles. The predicted molar refractivity (Wildman–Crippen MR) is 90.8 cm³/mol. The number of sulfonamides is 1. The van der Waals surface area contributed by atoms with Gasteiger partial charge in [0.1, 0.15) is 18.0 Å². The highest BCUT2D eigenvalue weighted by molar-refractivity contribution is 7.92. The van der Waals surface area contributed by atoms with Crippen LogP contribution in [0.3, 0.4) is 0 Å². The Hall–Kier alpha value is -2.52. The van der Waals surface area contributed by atoms with Gasteiger partial charge in [0.25, 0.3) is 10.0 Å². The molecule has 0 spiro atoms. The molecule has 0 bridgehead atoms. The molecule has 10 heteroatoms. The van der Waals surface area contributed by atoms with E-state index < -0.39 is 15.8 Å². The van der Waals surface area contributed by atoms with Crippen molar-refractivity contribution < 1.29 is 12.8 Å². The maximum Gasteiger partial charge on any atom is 0.263 e. The number of aromatic nitrogens is 4. The van der Waals surface area contributed by atoms with Crippen molar-refractivity contribution in [2.75, 3.05) is 4.72 Å². The van der Waals surface area contributed by atoms with Crippen LogP contribution in [-0.2, 0) is 10.0 Å². The number of nitrogens with one attached hydrogen (secondary N) is 1. The minimum absolute atomic E-state index is 0.0537. The molecule has 0 atom stereocenters. The van der Waals surface area contributed by atoms with Crippen molar-refractivity contribution >= 4 is 27.4 Å². The van der Waals surface area contributed by atoms with E-state index in [1.54, 1.807) is 4.68 Å². The largest absolute Gasteiger partial charge is 0.263 e. The molecule has 0 aliphatic heterocycles. The molecular formula is C15H13ClFN5O2S. The third kappa shape index (κ3) is 3.62. The maximum absolute atomic E-state index is 13.2. The number of benzene rings is 1. The van der Waals surface area contributed by atoms with E-state index in [9.17, 15) is 12.8 Å². The fraction of sp³-hybridized carbons (Fsp3) is 0.133. The van der Waals surface area contributed by atoms with Gasteiger partial charge < -0.3 is 0 Å². The topological polar surface area (TPSA) is 89.8 Å². The van der Waals surface area contributed by atoms with Crippen LogP contribution in [0, 0.1) is 19.7 Å². The summed E-state index contributed by atoms with van der Waals surface area (Å²) in [6, 6.07) is 6.45. The molecule has 7 nitrogen and oxygen atoms in total. The lowest BCUT2D eigenvalue weighted by Crippen LogP contribution is -2.15. The normalized spacial score (nSPS) is 11.5. The number of nitrogens with zero attached hydrogens (tertiary/aromatic N) is 4. The van der Waals surface area contributed by atoms with Crippen molar-refractivity contribution in [1.82, 2.24) is 19.7 Å². The molecule has 0 aliphatic rings. The van der Waals surface area contributed by atoms with Crippen LogP contribution < -0.4 is 4.72 Å². The van der Waals surface area contributed by atoms with E-state index in [1.165, 1.54) is 12.4 Å². The van der Waals surface area contributed by atoms with Crippen LogP contribution in [0.25, 0.3) is 5.82 Å². The zero-order valence-corrected chi connectivity index (χ0v) is 14.8. The summed E-state index contributed by atoms with van der Waals surface area (Å²) in [6.45, 7) is 3.69. The Morgan fingerprint density at radius 3 is 2.56 bits per heavy atom. The minimum Gasteiger partial charge on any atom is -0.263 e. The quantitative estimate of drug-likeness (QED) is 0.750. The Bertz CT molecular complexity index is 1050. The highest BCUT2D eigenvalue weighted by atomic mass is 35.5. The molecule has 0 radical (unpaired) electrons. The summed E-state index contributed by atoms with van der Waals surface area (Å²) in [4.78, 5) is 7.82. The summed E-state index contributed by atoms with van der Waals surface area (Å²) in [5.74, 6) is -0.233. The van der Waals surface area contributed by atoms with Crippen molar-refractivity contribution in [3.8, 4) is 5.82 Å². The molecule has 1 aromatic carbocycles. The van der Waals surface area contributed by atoms with Crippen molar-refractivity contribution in [3.63, 3.8) is 0 Å². The molecular weight excluding hydrogens is 369 g/mol. The average molecular weight is 382 g/mol. The van der Waals surface area contributed by atoms with Crippen LogP contribution in [0.2, 0.25) is 5.02 Å². The van der Waals surface area contributed by atoms with Gasteiger partial charge in [-0.1, -0.05) is 11.6 Å². The summed E-state index contributed by atoms with van der Waals surface area (Å²) in [5, 5.41) is 4.00. The van der Waals surface area contributed by atoms with Gasteiger partial charge in [0, 0.05) is 11.8 Å². The first-order valence-electron chi connectivity index (χ1n) is 7.10. The zero-order chi connectivity index (χ0) is 18.2. The Labute approximate surface area is 148 Å². The van der Waals surface area contributed by atoms with Crippen LogP contribution in [0.4, 0.5) is 10.2 Å². The fourth-order valence-corrected chi connectivity index (χ4v) is 3.49. The summed E-state index contributed by atoms with van der Waals surface area (Å²) in [5.41, 5.74) is 1.65. The Kier molecular flexibility index (Phi) is 4.44. The third-order valence-electron chi connectivity index (χ3n) is 3.32. The van der Waals surface area contributed by atoms with E-state index in [0.717, 1.165) is 29.6 Å². The molecule has 0 amide bonds. The second kappa shape index (κ2) is 6.41. The van der Waals surface area contributed by atoms with Crippen LogP contribution >= 0.6 is 11.6 Å². The molecule has 3 aromatic rings. The summed E-state index contributed by atoms with van der Waals surface area (Å²) in [6.07, 6.45) is 1.22. The predicted octanol–water partition coefficient (Wildman–Crippen LogP) is 2.87. The van der Waals surface area contributed by atoms with E-state index in [-0.39, 0.29) is 15.7 Å². The smallest absolute Gasteiger partial charge is 0.263 e. The SMILES string of the molecule is Cc1cc(C)n(-c2cc(NS(=O)(=O)c3ccc(F)c(Cl)c3)ncn2)n1. The number of aryl methyl sites for hydroxylation is 2. The van der Waals surface area contributed by atoms with Crippen molar-refractivity contribution in [3.05, 3.63) is 58.9 Å². The second-order valence-electron chi connectivity index (χ2n) is 5.28. The number of anilines is 1. The first-order valence-corrected chi connectivity index (χ1v) is 8.96. The molecule has 0 fully saturated rings. The lowest BCUT2D eigenvalue weighted by Gasteiger charge is -2.09. The van der Waals surface area contributed by atoms with Crippen LogP contribution in [-0.4, -0.2) is 28.2 Å². The Morgan fingerprint density at radius 2 is 1.92 bits per heavy atom. The second-order valence-corrected chi connectivity index (χ2v) is 7.37. The Balaban J connectivity index is 1.94. The first kappa shape index (κ1) is 17.3. The highest BCUT2D eigenvalue weighted by Gasteiger charge is 2.17. The number of hydrogen-bond acceptors (Lipinski definition) is 5. The molecule has 2 aromatic heterocycles. The van der Waals surface area contributed by atoms with E-state index in [1.807, 2.05) is 19.9 Å². The van der Waals surface area contributed by atoms with Crippen molar-refractivity contribution in [2.24, 2.45) is 0 Å². The van der Waals surface area contributed by atoms with Gasteiger partial charge in [0.2, 0.25) is 0 Å². The van der Waals surface area contributed by atoms with Gasteiger partial charge >= 0.3 is 0 Å². The lowest BCUT2D eigenvalue weighted by atomic mass is 10.3. The van der Waals surface area contributed by atoms with Gasteiger partial charge in [0.05, 0.1) is 15.6 Å². The van der Waals surface area contributed by atoms with Crippen molar-refractivity contribution in [1.29, 1.82) is 0 Å². The monoisotopic (exact) mass is 381 g/mol. The van der Waals surface area contributed by atoms with Gasteiger partial charge in [-0.05, 0) is 38.1 Å². The number of hydrogen-bond donors (Lipinski definition) is 1. The lowest BCUT2D eigenvalue weighted by molar-refractivity contribution is 0.599. The van der Waals surface area contributed by atoms with E-state index >= 15 is 0 Å². The standard InChI is InChI=1S/C15H13ClFN5O2S/c1-9-5-10(2)22(20-9)15-7-14(18-8-19-15)21-25(23,24)11-3-4-13(17)12(16)6-11/h3-8H,1-2H3,(H,18,19,21). The minimum atomic E-state index is -3.98. The number of rotatable bonds is 4. The van der Waals surface area contributed by atoms with E-state index in [0.29, 0.717) is 5.82 Å². The average Bonchev–Trinajstić information content (AvgIpc) is 2.88. The highest BCUT2D eigenvalue weighted by Crippen LogP contribution is 2.21. The summed E-state index contributed by atoms with van der Waals surface area (Å²) >= 11 is 5.64.